The van der Waals surface area contributed by atoms with Crippen LogP contribution in [0.1, 0.15) is 19.8 Å². The van der Waals surface area contributed by atoms with E-state index in [1.54, 1.807) is 11.8 Å². The van der Waals surface area contributed by atoms with Crippen LogP contribution in [0.3, 0.4) is 0 Å². The molecule has 4 heteroatoms. The van der Waals surface area contributed by atoms with Gasteiger partial charge in [-0.1, -0.05) is 0 Å². The highest BCUT2D eigenvalue weighted by Crippen LogP contribution is 2.05. The smallest absolute Gasteiger partial charge is 0.315 e. The molecule has 0 spiro atoms. The second kappa shape index (κ2) is 7.43. The molecule has 0 rings (SSSR count). The third-order valence-corrected chi connectivity index (χ3v) is 2.41. The fraction of sp³-hybridized carbons (Fsp3) is 0.875. The number of hydrogen-bond donors (Lipinski definition) is 1. The Morgan fingerprint density at radius 3 is 2.83 bits per heavy atom. The standard InChI is InChI=1S/C8H17NO2S/c1-7(9)4-3-5-12-6-8(10)11-2/h7H,3-6,9H2,1-2H3. The van der Waals surface area contributed by atoms with Crippen LogP contribution in [0.4, 0.5) is 0 Å². The Balaban J connectivity index is 3.05. The summed E-state index contributed by atoms with van der Waals surface area (Å²) >= 11 is 1.60. The average Bonchev–Trinajstić information content (AvgIpc) is 2.03. The number of esters is 1. The minimum absolute atomic E-state index is 0.152. The number of hydrogen-bond acceptors (Lipinski definition) is 4. The van der Waals surface area contributed by atoms with Crippen molar-refractivity contribution >= 4 is 17.7 Å². The molecule has 72 valence electrons. The summed E-state index contributed by atoms with van der Waals surface area (Å²) in [4.78, 5) is 10.6. The normalized spacial score (nSPS) is 12.6. The number of thioether (sulfide) groups is 1. The van der Waals surface area contributed by atoms with Gasteiger partial charge in [-0.15, -0.1) is 0 Å². The molecule has 0 radical (unpaired) electrons. The summed E-state index contributed by atoms with van der Waals surface area (Å²) < 4.78 is 4.49. The summed E-state index contributed by atoms with van der Waals surface area (Å²) in [5, 5.41) is 0. The van der Waals surface area contributed by atoms with E-state index in [4.69, 9.17) is 5.73 Å². The molecule has 0 saturated heterocycles. The number of methoxy groups -OCH3 is 1. The molecule has 1 unspecified atom stereocenters. The molecule has 0 aliphatic heterocycles. The van der Waals surface area contributed by atoms with Gasteiger partial charge in [-0.3, -0.25) is 4.79 Å². The van der Waals surface area contributed by atoms with E-state index in [0.29, 0.717) is 5.75 Å². The number of carbonyl (C=O) groups is 1. The molecule has 0 saturated carbocycles. The second-order valence-electron chi connectivity index (χ2n) is 2.75. The predicted octanol–water partition coefficient (Wildman–Crippen LogP) is 1.02. The zero-order valence-electron chi connectivity index (χ0n) is 7.71. The van der Waals surface area contributed by atoms with Crippen LogP contribution in [0, 0.1) is 0 Å². The molecule has 0 fully saturated rings. The summed E-state index contributed by atoms with van der Waals surface area (Å²) in [6, 6.07) is 0.267. The molecule has 0 aliphatic carbocycles. The third kappa shape index (κ3) is 7.88. The number of ether oxygens (including phenoxy) is 1. The summed E-state index contributed by atoms with van der Waals surface area (Å²) in [6.07, 6.45) is 2.09. The van der Waals surface area contributed by atoms with Crippen molar-refractivity contribution in [1.82, 2.24) is 0 Å². The van der Waals surface area contributed by atoms with Crippen LogP contribution in [0.5, 0.6) is 0 Å². The van der Waals surface area contributed by atoms with Crippen molar-refractivity contribution in [2.24, 2.45) is 5.73 Å². The van der Waals surface area contributed by atoms with E-state index in [1.807, 2.05) is 6.92 Å². The van der Waals surface area contributed by atoms with Crippen LogP contribution in [0.2, 0.25) is 0 Å². The monoisotopic (exact) mass is 191 g/mol. The van der Waals surface area contributed by atoms with Crippen molar-refractivity contribution in [3.8, 4) is 0 Å². The molecule has 0 amide bonds. The van der Waals surface area contributed by atoms with Crippen LogP contribution in [0.15, 0.2) is 0 Å². The molecular formula is C8H17NO2S. The minimum Gasteiger partial charge on any atom is -0.468 e. The molecule has 0 aromatic rings. The van der Waals surface area contributed by atoms with Crippen molar-refractivity contribution in [1.29, 1.82) is 0 Å². The Labute approximate surface area is 78.0 Å². The topological polar surface area (TPSA) is 52.3 Å². The van der Waals surface area contributed by atoms with Gasteiger partial charge in [0, 0.05) is 6.04 Å². The van der Waals surface area contributed by atoms with Crippen LogP contribution >= 0.6 is 11.8 Å². The van der Waals surface area contributed by atoms with Crippen LogP contribution in [0.25, 0.3) is 0 Å². The third-order valence-electron chi connectivity index (χ3n) is 1.40. The Morgan fingerprint density at radius 2 is 2.33 bits per heavy atom. The van der Waals surface area contributed by atoms with E-state index in [2.05, 4.69) is 4.74 Å². The van der Waals surface area contributed by atoms with Gasteiger partial charge >= 0.3 is 5.97 Å². The molecule has 2 N–H and O–H groups in total. The zero-order chi connectivity index (χ0) is 9.40. The molecule has 0 aliphatic rings. The fourth-order valence-corrected chi connectivity index (χ4v) is 1.52. The fourth-order valence-electron chi connectivity index (χ4n) is 0.722. The van der Waals surface area contributed by atoms with Gasteiger partial charge in [-0.05, 0) is 25.5 Å². The number of carbonyl (C=O) groups excluding carboxylic acids is 1. The zero-order valence-corrected chi connectivity index (χ0v) is 8.52. The highest BCUT2D eigenvalue weighted by molar-refractivity contribution is 7.99. The Hall–Kier alpha value is -0.220. The molecule has 1 atom stereocenters. The van der Waals surface area contributed by atoms with E-state index in [0.717, 1.165) is 18.6 Å². The molecule has 0 heterocycles. The quantitative estimate of drug-likeness (QED) is 0.503. The van der Waals surface area contributed by atoms with Crippen molar-refractivity contribution < 1.29 is 9.53 Å². The van der Waals surface area contributed by atoms with Gasteiger partial charge in [0.1, 0.15) is 0 Å². The minimum atomic E-state index is -0.152. The van der Waals surface area contributed by atoms with Crippen molar-refractivity contribution in [3.63, 3.8) is 0 Å². The highest BCUT2D eigenvalue weighted by atomic mass is 32.2. The molecule has 0 bridgehead atoms. The molecular weight excluding hydrogens is 174 g/mol. The van der Waals surface area contributed by atoms with Crippen LogP contribution in [-0.2, 0) is 9.53 Å². The van der Waals surface area contributed by atoms with E-state index < -0.39 is 0 Å². The maximum absolute atomic E-state index is 10.6. The van der Waals surface area contributed by atoms with Gasteiger partial charge in [0.2, 0.25) is 0 Å². The lowest BCUT2D eigenvalue weighted by molar-refractivity contribution is -0.137. The van der Waals surface area contributed by atoms with Gasteiger partial charge in [-0.25, -0.2) is 0 Å². The lowest BCUT2D eigenvalue weighted by Gasteiger charge is -2.03. The second-order valence-corrected chi connectivity index (χ2v) is 3.85. The number of rotatable bonds is 6. The summed E-state index contributed by atoms with van der Waals surface area (Å²) in [5.41, 5.74) is 5.56. The molecule has 12 heavy (non-hydrogen) atoms. The molecule has 0 aromatic carbocycles. The summed E-state index contributed by atoms with van der Waals surface area (Å²) in [7, 11) is 1.41. The predicted molar refractivity (Wildman–Crippen MR) is 52.2 cm³/mol. The first-order valence-electron chi connectivity index (χ1n) is 4.07. The molecule has 3 nitrogen and oxygen atoms in total. The van der Waals surface area contributed by atoms with E-state index in [9.17, 15) is 4.79 Å². The van der Waals surface area contributed by atoms with Gasteiger partial charge in [0.05, 0.1) is 12.9 Å². The average molecular weight is 191 g/mol. The first-order chi connectivity index (χ1) is 5.66. The summed E-state index contributed by atoms with van der Waals surface area (Å²) in [6.45, 7) is 1.99. The van der Waals surface area contributed by atoms with E-state index >= 15 is 0 Å². The van der Waals surface area contributed by atoms with Gasteiger partial charge < -0.3 is 10.5 Å². The Morgan fingerprint density at radius 1 is 1.67 bits per heavy atom. The largest absolute Gasteiger partial charge is 0.468 e. The van der Waals surface area contributed by atoms with Crippen LogP contribution < -0.4 is 5.73 Å². The van der Waals surface area contributed by atoms with Gasteiger partial charge in [0.15, 0.2) is 0 Å². The van der Waals surface area contributed by atoms with Gasteiger partial charge in [0.25, 0.3) is 0 Å². The lowest BCUT2D eigenvalue weighted by Crippen LogP contribution is -2.14. The molecule has 0 aromatic heterocycles. The van der Waals surface area contributed by atoms with E-state index in [-0.39, 0.29) is 12.0 Å². The Bertz CT molecular complexity index is 128. The lowest BCUT2D eigenvalue weighted by atomic mass is 10.2. The van der Waals surface area contributed by atoms with E-state index in [1.165, 1.54) is 7.11 Å². The first kappa shape index (κ1) is 11.8. The van der Waals surface area contributed by atoms with Gasteiger partial charge in [-0.2, -0.15) is 11.8 Å². The maximum atomic E-state index is 10.6. The summed E-state index contributed by atoms with van der Waals surface area (Å²) in [5.74, 6) is 1.28. The highest BCUT2D eigenvalue weighted by Gasteiger charge is 1.99. The number of nitrogens with two attached hydrogens (primary N) is 1. The van der Waals surface area contributed by atoms with Crippen molar-refractivity contribution in [2.45, 2.75) is 25.8 Å². The van der Waals surface area contributed by atoms with Crippen molar-refractivity contribution in [2.75, 3.05) is 18.6 Å². The van der Waals surface area contributed by atoms with Crippen molar-refractivity contribution in [3.05, 3.63) is 0 Å². The Kier molecular flexibility index (Phi) is 7.29. The first-order valence-corrected chi connectivity index (χ1v) is 5.22. The SMILES string of the molecule is COC(=O)CSCCCC(C)N. The maximum Gasteiger partial charge on any atom is 0.315 e. The van der Waals surface area contributed by atoms with Crippen LogP contribution in [-0.4, -0.2) is 30.6 Å².